The molecule has 1 atom stereocenters. The molecule has 1 unspecified atom stereocenters. The van der Waals surface area contributed by atoms with Crippen molar-refractivity contribution in [1.29, 1.82) is 0 Å². The molecule has 5 heteroatoms. The van der Waals surface area contributed by atoms with Gasteiger partial charge in [0.05, 0.1) is 0 Å². The molecule has 0 radical (unpaired) electrons. The van der Waals surface area contributed by atoms with Gasteiger partial charge in [-0.3, -0.25) is 4.79 Å². The highest BCUT2D eigenvalue weighted by Gasteiger charge is 2.26. The first-order chi connectivity index (χ1) is 9.92. The molecule has 1 saturated carbocycles. The van der Waals surface area contributed by atoms with Crippen LogP contribution in [0.3, 0.4) is 0 Å². The number of hydrogen-bond acceptors (Lipinski definition) is 2. The zero-order chi connectivity index (χ0) is 15.8. The van der Waals surface area contributed by atoms with Crippen LogP contribution in [0.15, 0.2) is 0 Å². The number of carboxylic acid groups (broad SMARTS) is 1. The number of nitrogens with zero attached hydrogens (tertiary/aromatic N) is 1. The molecule has 122 valence electrons. The maximum absolute atomic E-state index is 12.2. The minimum atomic E-state index is -0.793. The average molecular weight is 298 g/mol. The normalized spacial score (nSPS) is 15.8. The Labute approximate surface area is 128 Å². The smallest absolute Gasteiger partial charge is 0.317 e. The first kappa shape index (κ1) is 17.8. The van der Waals surface area contributed by atoms with Crippen molar-refractivity contribution in [2.75, 3.05) is 19.6 Å². The molecule has 5 nitrogen and oxygen atoms in total. The van der Waals surface area contributed by atoms with E-state index in [9.17, 15) is 9.59 Å². The van der Waals surface area contributed by atoms with Gasteiger partial charge in [-0.2, -0.15) is 0 Å². The predicted molar refractivity (Wildman–Crippen MR) is 83.2 cm³/mol. The van der Waals surface area contributed by atoms with E-state index in [1.54, 1.807) is 0 Å². The summed E-state index contributed by atoms with van der Waals surface area (Å²) in [6, 6.07) is -0.0390. The van der Waals surface area contributed by atoms with Crippen LogP contribution < -0.4 is 5.32 Å². The fourth-order valence-corrected chi connectivity index (χ4v) is 2.65. The lowest BCUT2D eigenvalue weighted by atomic mass is 9.94. The maximum Gasteiger partial charge on any atom is 0.317 e. The van der Waals surface area contributed by atoms with E-state index in [0.717, 1.165) is 25.9 Å². The van der Waals surface area contributed by atoms with Crippen molar-refractivity contribution in [3.05, 3.63) is 0 Å². The van der Waals surface area contributed by atoms with E-state index in [4.69, 9.17) is 5.11 Å². The molecular weight excluding hydrogens is 268 g/mol. The van der Waals surface area contributed by atoms with Crippen molar-refractivity contribution in [2.24, 2.45) is 17.8 Å². The van der Waals surface area contributed by atoms with Crippen molar-refractivity contribution >= 4 is 12.0 Å². The molecule has 0 spiro atoms. The van der Waals surface area contributed by atoms with Gasteiger partial charge >= 0.3 is 12.0 Å². The van der Waals surface area contributed by atoms with Crippen LogP contribution in [0.2, 0.25) is 0 Å². The molecule has 0 aliphatic heterocycles. The first-order valence-corrected chi connectivity index (χ1v) is 8.16. The molecule has 1 aliphatic rings. The van der Waals surface area contributed by atoms with Gasteiger partial charge in [0.15, 0.2) is 0 Å². The van der Waals surface area contributed by atoms with Gasteiger partial charge in [0.1, 0.15) is 0 Å². The van der Waals surface area contributed by atoms with Crippen LogP contribution in [0.25, 0.3) is 0 Å². The van der Waals surface area contributed by atoms with Crippen molar-refractivity contribution in [1.82, 2.24) is 10.2 Å². The van der Waals surface area contributed by atoms with Gasteiger partial charge in [-0.05, 0) is 43.4 Å². The van der Waals surface area contributed by atoms with E-state index >= 15 is 0 Å². The Bertz CT molecular complexity index is 340. The van der Waals surface area contributed by atoms with Crippen molar-refractivity contribution in [3.63, 3.8) is 0 Å². The van der Waals surface area contributed by atoms with Gasteiger partial charge < -0.3 is 15.3 Å². The molecule has 0 aromatic carbocycles. The van der Waals surface area contributed by atoms with Gasteiger partial charge in [0.2, 0.25) is 0 Å². The highest BCUT2D eigenvalue weighted by molar-refractivity contribution is 5.74. The van der Waals surface area contributed by atoms with E-state index in [-0.39, 0.29) is 18.4 Å². The minimum absolute atomic E-state index is 0.0100. The summed E-state index contributed by atoms with van der Waals surface area (Å²) in [6.07, 6.45) is 4.34. The van der Waals surface area contributed by atoms with Crippen molar-refractivity contribution < 1.29 is 14.7 Å². The average Bonchev–Trinajstić information content (AvgIpc) is 3.17. The first-order valence-electron chi connectivity index (χ1n) is 8.16. The second-order valence-corrected chi connectivity index (χ2v) is 6.67. The number of amides is 2. The van der Waals surface area contributed by atoms with E-state index in [1.807, 2.05) is 4.90 Å². The fourth-order valence-electron chi connectivity index (χ4n) is 2.65. The van der Waals surface area contributed by atoms with Gasteiger partial charge in [0.25, 0.3) is 0 Å². The predicted octanol–water partition coefficient (Wildman–Crippen LogP) is 2.96. The van der Waals surface area contributed by atoms with Crippen molar-refractivity contribution in [2.45, 2.75) is 52.9 Å². The fraction of sp³-hybridized carbons (Fsp3) is 0.875. The second-order valence-electron chi connectivity index (χ2n) is 6.67. The highest BCUT2D eigenvalue weighted by Crippen LogP contribution is 2.29. The number of aliphatic carboxylic acids is 1. The van der Waals surface area contributed by atoms with Crippen LogP contribution in [0.4, 0.5) is 4.79 Å². The van der Waals surface area contributed by atoms with Crippen LogP contribution in [-0.2, 0) is 4.79 Å². The van der Waals surface area contributed by atoms with Gasteiger partial charge in [-0.15, -0.1) is 0 Å². The highest BCUT2D eigenvalue weighted by atomic mass is 16.4. The lowest BCUT2D eigenvalue weighted by molar-refractivity contribution is -0.138. The number of nitrogens with one attached hydrogen (secondary N) is 1. The lowest BCUT2D eigenvalue weighted by Gasteiger charge is -2.24. The molecule has 0 bridgehead atoms. The summed E-state index contributed by atoms with van der Waals surface area (Å²) < 4.78 is 0. The van der Waals surface area contributed by atoms with Crippen LogP contribution in [-0.4, -0.2) is 41.6 Å². The Balaban J connectivity index is 2.42. The van der Waals surface area contributed by atoms with E-state index in [0.29, 0.717) is 18.4 Å². The third kappa shape index (κ3) is 7.93. The number of hydrogen-bond donors (Lipinski definition) is 2. The minimum Gasteiger partial charge on any atom is -0.481 e. The standard InChI is InChI=1S/C16H30N2O3/c1-4-7-18(11-13-5-6-13)16(21)17-10-14(8-12(2)3)9-15(19)20/h12-14H,4-11H2,1-3H3,(H,17,21)(H,19,20). The van der Waals surface area contributed by atoms with Crippen LogP contribution in [0.1, 0.15) is 52.9 Å². The van der Waals surface area contributed by atoms with Crippen LogP contribution >= 0.6 is 0 Å². The molecule has 1 aliphatic carbocycles. The molecule has 0 saturated heterocycles. The SMILES string of the molecule is CCCN(CC1CC1)C(=O)NCC(CC(=O)O)CC(C)C. The van der Waals surface area contributed by atoms with Crippen LogP contribution in [0.5, 0.6) is 0 Å². The topological polar surface area (TPSA) is 69.6 Å². The molecule has 2 N–H and O–H groups in total. The largest absolute Gasteiger partial charge is 0.481 e. The number of carbonyl (C=O) groups excluding carboxylic acids is 1. The summed E-state index contributed by atoms with van der Waals surface area (Å²) in [4.78, 5) is 25.0. The quantitative estimate of drug-likeness (QED) is 0.651. The van der Waals surface area contributed by atoms with Gasteiger partial charge in [0, 0.05) is 26.1 Å². The zero-order valence-electron chi connectivity index (χ0n) is 13.6. The molecule has 0 aromatic heterocycles. The monoisotopic (exact) mass is 298 g/mol. The van der Waals surface area contributed by atoms with Gasteiger partial charge in [-0.1, -0.05) is 20.8 Å². The second kappa shape index (κ2) is 8.90. The van der Waals surface area contributed by atoms with Gasteiger partial charge in [-0.25, -0.2) is 4.79 Å². The molecule has 1 fully saturated rings. The Kier molecular flexibility index (Phi) is 7.54. The third-order valence-electron chi connectivity index (χ3n) is 3.77. The summed E-state index contributed by atoms with van der Waals surface area (Å²) in [5.74, 6) is 0.325. The summed E-state index contributed by atoms with van der Waals surface area (Å²) in [5.41, 5.74) is 0. The Morgan fingerprint density at radius 3 is 2.48 bits per heavy atom. The Morgan fingerprint density at radius 1 is 1.33 bits per heavy atom. The summed E-state index contributed by atoms with van der Waals surface area (Å²) in [6.45, 7) is 8.29. The zero-order valence-corrected chi connectivity index (χ0v) is 13.6. The molecule has 21 heavy (non-hydrogen) atoms. The molecule has 2 amide bonds. The van der Waals surface area contributed by atoms with E-state index < -0.39 is 5.97 Å². The molecule has 0 aromatic rings. The molecule has 0 heterocycles. The number of urea groups is 1. The Hall–Kier alpha value is -1.26. The number of rotatable bonds is 10. The summed E-state index contributed by atoms with van der Waals surface area (Å²) >= 11 is 0. The van der Waals surface area contributed by atoms with E-state index in [1.165, 1.54) is 12.8 Å². The van der Waals surface area contributed by atoms with E-state index in [2.05, 4.69) is 26.1 Å². The van der Waals surface area contributed by atoms with Crippen LogP contribution in [0, 0.1) is 17.8 Å². The summed E-state index contributed by atoms with van der Waals surface area (Å²) in [5, 5.41) is 11.9. The number of carbonyl (C=O) groups is 2. The molecular formula is C16H30N2O3. The Morgan fingerprint density at radius 2 is 2.00 bits per heavy atom. The van der Waals surface area contributed by atoms with Crippen molar-refractivity contribution in [3.8, 4) is 0 Å². The molecule has 1 rings (SSSR count). The lowest BCUT2D eigenvalue weighted by Crippen LogP contribution is -2.43. The number of carboxylic acids is 1. The third-order valence-corrected chi connectivity index (χ3v) is 3.77. The maximum atomic E-state index is 12.2. The summed E-state index contributed by atoms with van der Waals surface area (Å²) in [7, 11) is 0.